The van der Waals surface area contributed by atoms with Gasteiger partial charge in [0.1, 0.15) is 22.6 Å². The third-order valence-corrected chi connectivity index (χ3v) is 20.4. The first-order chi connectivity index (χ1) is 60.9. The maximum atomic E-state index is 12.7. The molecule has 124 heavy (non-hydrogen) atoms. The van der Waals surface area contributed by atoms with Crippen LogP contribution in [0.1, 0.15) is 28.5 Å². The van der Waals surface area contributed by atoms with Crippen LogP contribution >= 0.6 is 0 Å². The van der Waals surface area contributed by atoms with E-state index in [9.17, 15) is 19.2 Å². The molecular weight excluding hydrogens is 1560 g/mol. The molecule has 0 aliphatic heterocycles. The second kappa shape index (κ2) is 37.4. The molecule has 30 nitrogen and oxygen atoms in total. The number of hydrogen-bond acceptors (Lipinski definition) is 24. The van der Waals surface area contributed by atoms with Gasteiger partial charge in [0.2, 0.25) is 0 Å². The number of pyridine rings is 10. The predicted octanol–water partition coefficient (Wildman–Crippen LogP) is 14.0. The molecule has 0 amide bonds. The quantitative estimate of drug-likeness (QED) is 0.0587. The lowest BCUT2D eigenvalue weighted by atomic mass is 10.1. The largest absolute Gasteiger partial charge is 0.345 e. The van der Waals surface area contributed by atoms with E-state index in [0.717, 1.165) is 162 Å². The number of carbonyl (C=O) groups is 4. The lowest BCUT2D eigenvalue weighted by molar-refractivity contribution is -0.119. The standard InChI is InChI=1S/C25H20N6O.C24H18N6O.C23H19N7O.C22H17N7O/c1-17-2-3-18(13-29-17)22-6-8-28-25-23(22)7-11-31(25)16-21(32)12-20-5-4-19(14-30-20)24-15-26-9-10-27-24;31-20(12-19-4-3-18(14-29-19)23-15-26-9-10-27-23)16-30-11-6-22-21(5-8-28-24(22)30)17-2-1-7-25-13-17;1-29-22(5-8-28-29)19-4-7-26-23-20(19)6-11-30(23)15-18(31)12-17-3-2-16(13-27-17)21-14-24-9-10-25-21;30-17(9-16-2-1-15(10-27-16)20-11-23-6-7-25-20)13-29-8-4-19-18(3-5-26-22(19)29)21-12-24-14-28-21/h2-11,13-15H,12,16H2,1H3;1-11,13-15H,12,16H2;2-11,13-14H,12,15H2,1H3;1-8,10-12,14H,9,13H2,(H,24,28). The highest BCUT2D eigenvalue weighted by molar-refractivity contribution is 5.97. The van der Waals surface area contributed by atoms with E-state index in [0.29, 0.717) is 0 Å². The molecule has 0 radical (unpaired) electrons. The SMILES string of the molecule is Cc1ccc(-c2ccnc3c2ccn3CC(=O)Cc2ccc(-c3cnccn3)cn2)cn1.Cn1nccc1-c1ccnc2c1ccn2CC(=O)Cc1ccc(-c2cnccn2)cn1.O=C(Cc1ccc(-c2cnccn2)cn1)Cn1ccc2c(-c3cccnc3)ccnc21.O=C(Cc1ccc(-c2cnccn2)cn1)Cn1ccc2c(-c3cnc[nH]3)ccnc21. The minimum absolute atomic E-state index is 0.0565. The number of Topliss-reactive ketones (excluding diaryl/α,β-unsaturated/α-hetero) is 4. The highest BCUT2D eigenvalue weighted by atomic mass is 16.1. The summed E-state index contributed by atoms with van der Waals surface area (Å²) in [5, 5.41) is 8.21. The van der Waals surface area contributed by atoms with Crippen molar-refractivity contribution in [3.63, 3.8) is 0 Å². The number of carbonyl (C=O) groups excluding carboxylic acids is 4. The molecule has 20 aromatic rings. The van der Waals surface area contributed by atoms with Gasteiger partial charge >= 0.3 is 0 Å². The van der Waals surface area contributed by atoms with Gasteiger partial charge in [-0.25, -0.2) is 24.9 Å². The van der Waals surface area contributed by atoms with Crippen molar-refractivity contribution in [2.75, 3.05) is 0 Å². The van der Waals surface area contributed by atoms with Crippen LogP contribution in [0.5, 0.6) is 0 Å². The van der Waals surface area contributed by atoms with Crippen molar-refractivity contribution >= 4 is 67.3 Å². The summed E-state index contributed by atoms with van der Waals surface area (Å²) in [5.74, 6) is 0.239. The second-order valence-corrected chi connectivity index (χ2v) is 28.8. The van der Waals surface area contributed by atoms with Crippen molar-refractivity contribution in [3.05, 3.63) is 342 Å². The second-order valence-electron chi connectivity index (χ2n) is 28.8. The van der Waals surface area contributed by atoms with Gasteiger partial charge in [-0.1, -0.05) is 12.1 Å². The van der Waals surface area contributed by atoms with E-state index in [2.05, 4.69) is 111 Å². The Hall–Kier alpha value is -16.9. The molecule has 0 saturated carbocycles. The van der Waals surface area contributed by atoms with Crippen molar-refractivity contribution < 1.29 is 19.2 Å². The van der Waals surface area contributed by atoms with E-state index in [4.69, 9.17) is 0 Å². The molecule has 604 valence electrons. The van der Waals surface area contributed by atoms with Crippen molar-refractivity contribution in [1.82, 2.24) is 128 Å². The maximum absolute atomic E-state index is 12.7. The summed E-state index contributed by atoms with van der Waals surface area (Å²) in [5.41, 5.74) is 21.5. The number of hydrogen-bond donors (Lipinski definition) is 1. The number of aryl methyl sites for hydroxylation is 2. The van der Waals surface area contributed by atoms with Crippen LogP contribution in [0.4, 0.5) is 0 Å². The van der Waals surface area contributed by atoms with Crippen LogP contribution in [0, 0.1) is 6.92 Å². The lowest BCUT2D eigenvalue weighted by Crippen LogP contribution is -2.13. The Kier molecular flexibility index (Phi) is 24.0. The fraction of sp³-hybridized carbons (Fsp3) is 0.106. The molecule has 0 aliphatic rings. The van der Waals surface area contributed by atoms with Crippen LogP contribution in [0.3, 0.4) is 0 Å². The highest BCUT2D eigenvalue weighted by Crippen LogP contribution is 2.33. The van der Waals surface area contributed by atoms with E-state index in [1.165, 1.54) is 0 Å². The number of ketones is 4. The Bertz CT molecular complexity index is 7060. The zero-order valence-corrected chi connectivity index (χ0v) is 66.9. The predicted molar refractivity (Wildman–Crippen MR) is 466 cm³/mol. The number of H-pyrrole nitrogens is 1. The number of nitrogens with one attached hydrogen (secondary N) is 1. The average molecular weight is 1630 g/mol. The summed E-state index contributed by atoms with van der Waals surface area (Å²) < 4.78 is 9.34. The molecule has 0 unspecified atom stereocenters. The molecule has 20 aromatic heterocycles. The van der Waals surface area contributed by atoms with E-state index < -0.39 is 0 Å². The molecular formula is C94H74N26O4. The smallest absolute Gasteiger partial charge is 0.158 e. The van der Waals surface area contributed by atoms with Crippen LogP contribution in [0.2, 0.25) is 0 Å². The van der Waals surface area contributed by atoms with Crippen molar-refractivity contribution in [1.29, 1.82) is 0 Å². The maximum Gasteiger partial charge on any atom is 0.158 e. The van der Waals surface area contributed by atoms with Crippen LogP contribution in [-0.4, -0.2) is 151 Å². The number of aromatic amines is 1. The van der Waals surface area contributed by atoms with Gasteiger partial charge in [-0.15, -0.1) is 0 Å². The molecule has 0 aliphatic carbocycles. The Morgan fingerprint density at radius 2 is 0.645 bits per heavy atom. The normalized spacial score (nSPS) is 11.0. The fourth-order valence-electron chi connectivity index (χ4n) is 14.3. The Balaban J connectivity index is 0.000000117. The van der Waals surface area contributed by atoms with Crippen LogP contribution < -0.4 is 0 Å². The monoisotopic (exact) mass is 1630 g/mol. The third-order valence-electron chi connectivity index (χ3n) is 20.4. The van der Waals surface area contributed by atoms with Crippen LogP contribution in [0.15, 0.2) is 313 Å². The molecule has 1 N–H and O–H groups in total. The molecule has 0 fully saturated rings. The van der Waals surface area contributed by atoms with Gasteiger partial charge in [-0.3, -0.25) is 93.6 Å². The summed E-state index contributed by atoms with van der Waals surface area (Å²) in [7, 11) is 1.91. The third kappa shape index (κ3) is 18.8. The number of rotatable bonds is 24. The first-order valence-corrected chi connectivity index (χ1v) is 39.4. The van der Waals surface area contributed by atoms with Gasteiger partial charge in [-0.05, 0) is 133 Å². The number of nitrogens with zero attached hydrogens (tertiary/aromatic N) is 25. The summed E-state index contributed by atoms with van der Waals surface area (Å²) in [6.07, 6.45) is 53.0. The number of aromatic nitrogens is 26. The molecule has 20 rings (SSSR count). The summed E-state index contributed by atoms with van der Waals surface area (Å²) in [4.78, 5) is 136. The molecule has 0 spiro atoms. The average Bonchev–Trinajstić information content (AvgIpc) is 1.64. The topological polar surface area (TPSA) is 367 Å². The number of fused-ring (bicyclic) bond motifs is 4. The van der Waals surface area contributed by atoms with Crippen molar-refractivity contribution in [2.24, 2.45) is 7.05 Å². The summed E-state index contributed by atoms with van der Waals surface area (Å²) >= 11 is 0. The van der Waals surface area contributed by atoms with E-state index in [1.54, 1.807) is 149 Å². The Morgan fingerprint density at radius 3 is 0.968 bits per heavy atom. The minimum Gasteiger partial charge on any atom is -0.345 e. The van der Waals surface area contributed by atoms with Crippen molar-refractivity contribution in [3.8, 4) is 89.8 Å². The summed E-state index contributed by atoms with van der Waals surface area (Å²) in [6.45, 7) is 2.90. The van der Waals surface area contributed by atoms with Gasteiger partial charge in [0.05, 0.1) is 123 Å². The van der Waals surface area contributed by atoms with Gasteiger partial charge in [0.15, 0.2) is 23.1 Å². The zero-order valence-electron chi connectivity index (χ0n) is 66.9. The fourth-order valence-corrected chi connectivity index (χ4v) is 14.3. The number of imidazole rings is 1. The van der Waals surface area contributed by atoms with E-state index >= 15 is 0 Å². The molecule has 0 bridgehead atoms. The zero-order chi connectivity index (χ0) is 84.5. The first-order valence-electron chi connectivity index (χ1n) is 39.4. The Labute approximate surface area is 707 Å². The molecule has 30 heteroatoms. The first kappa shape index (κ1) is 79.5. The van der Waals surface area contributed by atoms with Gasteiger partial charge in [-0.2, -0.15) is 5.10 Å². The van der Waals surface area contributed by atoms with Gasteiger partial charge < -0.3 is 23.3 Å². The highest BCUT2D eigenvalue weighted by Gasteiger charge is 2.20. The van der Waals surface area contributed by atoms with Gasteiger partial charge in [0, 0.05) is 250 Å². The lowest BCUT2D eigenvalue weighted by Gasteiger charge is -2.07. The summed E-state index contributed by atoms with van der Waals surface area (Å²) in [6, 6.07) is 40.8. The Morgan fingerprint density at radius 1 is 0.290 bits per heavy atom. The van der Waals surface area contributed by atoms with E-state index in [-0.39, 0.29) is 75.0 Å². The molecule has 20 heterocycles. The van der Waals surface area contributed by atoms with E-state index in [1.807, 2.05) is 195 Å². The van der Waals surface area contributed by atoms with Crippen LogP contribution in [-0.2, 0) is 78.1 Å². The van der Waals surface area contributed by atoms with Crippen LogP contribution in [0.25, 0.3) is 134 Å². The minimum atomic E-state index is 0.0565. The van der Waals surface area contributed by atoms with Crippen molar-refractivity contribution in [2.45, 2.75) is 58.8 Å². The molecule has 0 aromatic carbocycles. The molecule has 0 saturated heterocycles. The van der Waals surface area contributed by atoms with Gasteiger partial charge in [0.25, 0.3) is 0 Å². The molecule has 0 atom stereocenters.